The van der Waals surface area contributed by atoms with E-state index in [1.165, 1.54) is 128 Å². The quantitative estimate of drug-likeness (QED) is 0.0510. The molecule has 10 aromatic rings. The largest absolute Gasteiger partial charge is 0.495 e. The van der Waals surface area contributed by atoms with Crippen LogP contribution in [0.2, 0.25) is 0 Å². The molecular formula is C50H40BBrF6N6O12P2S2. The smallest absolute Gasteiger partial charge is 0.488 e. The van der Waals surface area contributed by atoms with E-state index >= 15 is 4.39 Å². The fraction of sp³-hybridized carbons (Fsp3) is 0.0400. The Morgan fingerprint density at radius 3 is 1.44 bits per heavy atom. The van der Waals surface area contributed by atoms with Gasteiger partial charge in [0.2, 0.25) is 0 Å². The first-order chi connectivity index (χ1) is 37.1. The Morgan fingerprint density at radius 2 is 1.00 bits per heavy atom. The van der Waals surface area contributed by atoms with Crippen molar-refractivity contribution in [1.29, 1.82) is 0 Å². The Kier molecular flexibility index (Phi) is 19.6. The summed E-state index contributed by atoms with van der Waals surface area (Å²) < 4.78 is 159. The fourth-order valence-electron chi connectivity index (χ4n) is 7.50. The van der Waals surface area contributed by atoms with Crippen molar-refractivity contribution >= 4 is 102 Å². The van der Waals surface area contributed by atoms with Gasteiger partial charge in [0.05, 0.1) is 50.9 Å². The molecule has 30 heteroatoms. The molecule has 0 bridgehead atoms. The first-order valence-corrected chi connectivity index (χ1v) is 25.7. The number of hydrogen-bond donors (Lipinski definition) is 4. The lowest BCUT2D eigenvalue weighted by Crippen LogP contribution is -2.30. The average molecular weight is 1250 g/mol. The summed E-state index contributed by atoms with van der Waals surface area (Å²) in [6.07, 6.45) is 2.45. The fourth-order valence-corrected chi connectivity index (χ4v) is 9.88. The molecule has 0 aliphatic heterocycles. The standard InChI is InChI=1S/C25H16F3N3O5S.C19H13BrFN3O5S.C6H5BF2O2.2H3P/c1-35-23-12-17(14-2-5-18(26)20(28)11-14)19(27)13-22(23)31-21-6-4-16(10-15(21)3-7-25(31)32)37(33,34)30-24-8-9-36-29-24;1-28-17-9-13(20)14(21)10-16(17)24-15-4-3-12(8-11(15)2-5-19(24)25)30(26,27)23-18-6-7-29-22-18;8-5-2-1-4(7(10)11)3-6(5)9;;/h2-13H,1H3,(H,29,30);2-10H,1H3,(H,22,23);1-3,10-11H;2*1H3. The summed E-state index contributed by atoms with van der Waals surface area (Å²) in [7, 11) is -7.01. The van der Waals surface area contributed by atoms with E-state index < -0.39 is 73.2 Å². The van der Waals surface area contributed by atoms with Crippen LogP contribution in [0.5, 0.6) is 11.5 Å². The Bertz CT molecular complexity index is 4270. The zero-order valence-electron chi connectivity index (χ0n) is 41.1. The molecule has 4 heterocycles. The number of benzene rings is 6. The topological polar surface area (TPSA) is 247 Å². The molecule has 0 saturated carbocycles. The van der Waals surface area contributed by atoms with Crippen molar-refractivity contribution < 1.29 is 71.7 Å². The van der Waals surface area contributed by atoms with E-state index in [9.17, 15) is 48.4 Å². The molecule has 0 saturated heterocycles. The number of aromatic nitrogens is 4. The molecule has 416 valence electrons. The number of hydrogen-bond acceptors (Lipinski definition) is 14. The van der Waals surface area contributed by atoms with Crippen molar-refractivity contribution in [3.63, 3.8) is 0 Å². The monoisotopic (exact) mass is 1250 g/mol. The van der Waals surface area contributed by atoms with E-state index in [0.29, 0.717) is 16.3 Å². The van der Waals surface area contributed by atoms with Crippen LogP contribution in [-0.4, -0.2) is 67.7 Å². The Morgan fingerprint density at radius 1 is 0.537 bits per heavy atom. The van der Waals surface area contributed by atoms with Crippen LogP contribution >= 0.6 is 35.7 Å². The van der Waals surface area contributed by atoms with Gasteiger partial charge in [-0.2, -0.15) is 19.8 Å². The van der Waals surface area contributed by atoms with Crippen LogP contribution in [0, 0.1) is 34.9 Å². The van der Waals surface area contributed by atoms with Gasteiger partial charge in [-0.25, -0.2) is 43.2 Å². The van der Waals surface area contributed by atoms with E-state index in [1.54, 1.807) is 0 Å². The second-order valence-corrected chi connectivity index (χ2v) is 20.3. The molecule has 0 aliphatic rings. The van der Waals surface area contributed by atoms with Gasteiger partial charge in [0.15, 0.2) is 34.9 Å². The molecule has 2 atom stereocenters. The number of pyridine rings is 2. The number of halogens is 7. The van der Waals surface area contributed by atoms with Crippen LogP contribution < -0.4 is 35.5 Å². The predicted octanol–water partition coefficient (Wildman–Crippen LogP) is 8.32. The molecule has 80 heavy (non-hydrogen) atoms. The molecule has 2 unspecified atom stereocenters. The number of methoxy groups -OCH3 is 2. The molecule has 4 aromatic heterocycles. The molecule has 0 spiro atoms. The first kappa shape index (κ1) is 61.4. The number of sulfonamides is 2. The molecule has 0 aliphatic carbocycles. The summed E-state index contributed by atoms with van der Waals surface area (Å²) >= 11 is 3.09. The third kappa shape index (κ3) is 13.4. The van der Waals surface area contributed by atoms with Crippen molar-refractivity contribution in [2.75, 3.05) is 23.7 Å². The molecule has 0 amide bonds. The lowest BCUT2D eigenvalue weighted by Gasteiger charge is -2.16. The van der Waals surface area contributed by atoms with Gasteiger partial charge in [0.25, 0.3) is 31.2 Å². The van der Waals surface area contributed by atoms with E-state index in [0.717, 1.165) is 41.0 Å². The number of fused-ring (bicyclic) bond motifs is 2. The summed E-state index contributed by atoms with van der Waals surface area (Å²) in [4.78, 5) is 25.3. The number of anilines is 2. The van der Waals surface area contributed by atoms with E-state index in [2.05, 4.69) is 44.7 Å². The Hall–Kier alpha value is -7.84. The second-order valence-electron chi connectivity index (χ2n) is 16.1. The highest BCUT2D eigenvalue weighted by molar-refractivity contribution is 9.10. The van der Waals surface area contributed by atoms with Crippen molar-refractivity contribution in [2.45, 2.75) is 9.79 Å². The highest BCUT2D eigenvalue weighted by Crippen LogP contribution is 2.35. The number of ether oxygens (including phenoxy) is 2. The average Bonchev–Trinajstić information content (AvgIpc) is 4.15. The van der Waals surface area contributed by atoms with Crippen LogP contribution in [0.1, 0.15) is 0 Å². The van der Waals surface area contributed by atoms with Gasteiger partial charge in [-0.05, 0) is 112 Å². The van der Waals surface area contributed by atoms with E-state index in [1.807, 2.05) is 0 Å². The summed E-state index contributed by atoms with van der Waals surface area (Å²) in [5.41, 5.74) is -0.177. The molecule has 0 fully saturated rings. The minimum absolute atomic E-state index is 0. The second kappa shape index (κ2) is 25.5. The van der Waals surface area contributed by atoms with Crippen molar-refractivity contribution in [3.05, 3.63) is 206 Å². The Balaban J connectivity index is 0.000000215. The normalized spacial score (nSPS) is 11.0. The molecule has 18 nitrogen and oxygen atoms in total. The van der Waals surface area contributed by atoms with Crippen molar-refractivity contribution in [3.8, 4) is 34.0 Å². The first-order valence-electron chi connectivity index (χ1n) is 21.9. The molecule has 6 aromatic carbocycles. The number of nitrogens with zero attached hydrogens (tertiary/aromatic N) is 4. The molecule has 0 radical (unpaired) electrons. The lowest BCUT2D eigenvalue weighted by molar-refractivity contribution is 0.411. The predicted molar refractivity (Wildman–Crippen MR) is 298 cm³/mol. The van der Waals surface area contributed by atoms with Crippen molar-refractivity contribution in [1.82, 2.24) is 19.4 Å². The van der Waals surface area contributed by atoms with Gasteiger partial charge in [0, 0.05) is 52.7 Å². The van der Waals surface area contributed by atoms with E-state index in [-0.39, 0.29) is 90.7 Å². The highest BCUT2D eigenvalue weighted by atomic mass is 79.9. The van der Waals surface area contributed by atoms with Gasteiger partial charge in [-0.15, -0.1) is 0 Å². The van der Waals surface area contributed by atoms with Crippen LogP contribution in [0.4, 0.5) is 38.0 Å². The number of rotatable bonds is 12. The maximum Gasteiger partial charge on any atom is 0.488 e. The van der Waals surface area contributed by atoms with Crippen LogP contribution in [0.3, 0.4) is 0 Å². The summed E-state index contributed by atoms with van der Waals surface area (Å²) in [6.45, 7) is 0. The third-order valence-corrected chi connectivity index (χ3v) is 14.5. The summed E-state index contributed by atoms with van der Waals surface area (Å²) in [5, 5.41) is 24.9. The van der Waals surface area contributed by atoms with Crippen LogP contribution in [0.25, 0.3) is 44.3 Å². The SMILES string of the molecule is COc1cc(-c2ccc(F)c(F)c2)c(F)cc1-n1c(=O)ccc2cc(S(=O)(=O)Nc3ccon3)ccc21.COc1cc(Br)c(F)cc1-n1c(=O)ccc2cc(S(=O)(=O)Nc3ccon3)ccc21.OB(O)c1ccc(F)c(F)c1.P.P. The maximum atomic E-state index is 15.2. The highest BCUT2D eigenvalue weighted by Gasteiger charge is 2.22. The molecular weight excluding hydrogens is 1210 g/mol. The van der Waals surface area contributed by atoms with Gasteiger partial charge < -0.3 is 28.6 Å². The van der Waals surface area contributed by atoms with Gasteiger partial charge in [0.1, 0.15) is 35.7 Å². The zero-order chi connectivity index (χ0) is 56.2. The van der Waals surface area contributed by atoms with E-state index in [4.69, 9.17) is 19.5 Å². The summed E-state index contributed by atoms with van der Waals surface area (Å²) in [5.74, 6) is -5.34. The molecule has 10 rings (SSSR count). The lowest BCUT2D eigenvalue weighted by atomic mass is 9.80. The van der Waals surface area contributed by atoms with Gasteiger partial charge >= 0.3 is 7.12 Å². The minimum Gasteiger partial charge on any atom is -0.495 e. The van der Waals surface area contributed by atoms with Crippen molar-refractivity contribution in [2.24, 2.45) is 0 Å². The third-order valence-electron chi connectivity index (χ3n) is 11.2. The van der Waals surface area contributed by atoms with Gasteiger partial charge in [-0.1, -0.05) is 22.4 Å². The van der Waals surface area contributed by atoms with Gasteiger partial charge in [-0.3, -0.25) is 28.2 Å². The summed E-state index contributed by atoms with van der Waals surface area (Å²) in [6, 6.07) is 26.8. The number of nitrogens with one attached hydrogen (secondary N) is 2. The van der Waals surface area contributed by atoms with Crippen LogP contribution in [-0.2, 0) is 20.0 Å². The Labute approximate surface area is 464 Å². The molecule has 4 N–H and O–H groups in total. The minimum atomic E-state index is -4.03. The zero-order valence-corrected chi connectivity index (χ0v) is 47.1. The van der Waals surface area contributed by atoms with Crippen LogP contribution in [0.15, 0.2) is 179 Å². The maximum absolute atomic E-state index is 15.2.